The molecule has 1 aromatic carbocycles. The molecule has 0 N–H and O–H groups in total. The molecular weight excluding hydrogens is 180 g/mol. The summed E-state index contributed by atoms with van der Waals surface area (Å²) in [5.74, 6) is 1.93. The van der Waals surface area contributed by atoms with E-state index >= 15 is 0 Å². The van der Waals surface area contributed by atoms with Crippen LogP contribution in [0.1, 0.15) is 12.5 Å². The van der Waals surface area contributed by atoms with Gasteiger partial charge in [-0.15, -0.1) is 0 Å². The molecule has 1 rings (SSSR count). The molecule has 0 saturated heterocycles. The summed E-state index contributed by atoms with van der Waals surface area (Å²) >= 11 is 0. The Bertz CT molecular complexity index is 282. The first-order valence-electron chi connectivity index (χ1n) is 4.43. The molecule has 0 heterocycles. The third-order valence-corrected chi connectivity index (χ3v) is 1.81. The molecule has 1 aromatic rings. The zero-order valence-electron chi connectivity index (χ0n) is 8.79. The number of hydrogen-bond acceptors (Lipinski definition) is 3. The van der Waals surface area contributed by atoms with Crippen molar-refractivity contribution < 1.29 is 14.2 Å². The van der Waals surface area contributed by atoms with Gasteiger partial charge in [-0.1, -0.05) is 0 Å². The molecule has 0 saturated carbocycles. The minimum absolute atomic E-state index is 0.573. The molecule has 0 unspecified atom stereocenters. The molecule has 77 valence electrons. The fourth-order valence-electron chi connectivity index (χ4n) is 1.22. The predicted octanol–water partition coefficient (Wildman–Crippen LogP) is 2.28. The molecule has 0 aromatic heterocycles. The highest BCUT2D eigenvalue weighted by molar-refractivity contribution is 5.54. The first-order valence-corrected chi connectivity index (χ1v) is 4.43. The van der Waals surface area contributed by atoms with Crippen LogP contribution in [0.4, 0.5) is 0 Å². The van der Waals surface area contributed by atoms with Crippen molar-refractivity contribution in [1.29, 1.82) is 0 Å². The average molecular weight is 195 g/mol. The van der Waals surface area contributed by atoms with E-state index in [1.807, 2.05) is 19.1 Å². The fourth-order valence-corrected chi connectivity index (χ4v) is 1.22. The van der Waals surface area contributed by atoms with Gasteiger partial charge < -0.3 is 14.2 Å². The summed E-state index contributed by atoms with van der Waals surface area (Å²) in [5.41, 5.74) is 0.835. The van der Waals surface area contributed by atoms with Crippen LogP contribution in [-0.4, -0.2) is 20.8 Å². The summed E-state index contributed by atoms with van der Waals surface area (Å²) in [6.45, 7) is 6.31. The second-order valence-corrected chi connectivity index (χ2v) is 2.76. The molecule has 3 nitrogen and oxygen atoms in total. The maximum Gasteiger partial charge on any atom is 0.203 e. The second kappa shape index (κ2) is 4.74. The summed E-state index contributed by atoms with van der Waals surface area (Å²) < 4.78 is 15.8. The quantitative estimate of drug-likeness (QED) is 0.737. The van der Waals surface area contributed by atoms with Gasteiger partial charge in [-0.3, -0.25) is 0 Å². The lowest BCUT2D eigenvalue weighted by Gasteiger charge is -2.13. The van der Waals surface area contributed by atoms with Crippen molar-refractivity contribution in [2.75, 3.05) is 20.8 Å². The smallest absolute Gasteiger partial charge is 0.203 e. The van der Waals surface area contributed by atoms with Gasteiger partial charge in [0.2, 0.25) is 5.75 Å². The molecule has 0 spiro atoms. The Labute approximate surface area is 84.6 Å². The first-order chi connectivity index (χ1) is 6.72. The van der Waals surface area contributed by atoms with Crippen molar-refractivity contribution in [3.05, 3.63) is 24.6 Å². The van der Waals surface area contributed by atoms with Gasteiger partial charge in [0.1, 0.15) is 0 Å². The van der Waals surface area contributed by atoms with Gasteiger partial charge in [0, 0.05) is 0 Å². The van der Waals surface area contributed by atoms with Gasteiger partial charge in [-0.2, -0.15) is 0 Å². The van der Waals surface area contributed by atoms with E-state index in [2.05, 4.69) is 6.92 Å². The molecule has 0 aliphatic carbocycles. The molecule has 0 fully saturated rings. The van der Waals surface area contributed by atoms with Crippen LogP contribution < -0.4 is 14.2 Å². The Morgan fingerprint density at radius 2 is 1.64 bits per heavy atom. The van der Waals surface area contributed by atoms with Crippen molar-refractivity contribution in [1.82, 2.24) is 0 Å². The number of benzene rings is 1. The largest absolute Gasteiger partial charge is 0.493 e. The van der Waals surface area contributed by atoms with Crippen molar-refractivity contribution >= 4 is 0 Å². The van der Waals surface area contributed by atoms with Crippen LogP contribution in [0.3, 0.4) is 0 Å². The molecule has 0 aliphatic rings. The summed E-state index contributed by atoms with van der Waals surface area (Å²) in [6.07, 6.45) is 0. The summed E-state index contributed by atoms with van der Waals surface area (Å²) in [5, 5.41) is 0. The van der Waals surface area contributed by atoms with Gasteiger partial charge in [0.05, 0.1) is 20.8 Å². The molecule has 14 heavy (non-hydrogen) atoms. The Morgan fingerprint density at radius 3 is 2.00 bits per heavy atom. The van der Waals surface area contributed by atoms with E-state index < -0.39 is 0 Å². The van der Waals surface area contributed by atoms with E-state index in [0.717, 1.165) is 5.56 Å². The molecule has 0 amide bonds. The van der Waals surface area contributed by atoms with Gasteiger partial charge in [-0.05, 0) is 31.5 Å². The second-order valence-electron chi connectivity index (χ2n) is 2.76. The van der Waals surface area contributed by atoms with E-state index in [1.54, 1.807) is 14.2 Å². The van der Waals surface area contributed by atoms with E-state index in [9.17, 15) is 0 Å². The molecule has 0 aliphatic heterocycles. The van der Waals surface area contributed by atoms with E-state index in [-0.39, 0.29) is 0 Å². The summed E-state index contributed by atoms with van der Waals surface area (Å²) in [4.78, 5) is 0. The lowest BCUT2D eigenvalue weighted by atomic mass is 10.2. The monoisotopic (exact) mass is 195 g/mol. The third-order valence-electron chi connectivity index (χ3n) is 1.81. The van der Waals surface area contributed by atoms with Crippen LogP contribution in [0.25, 0.3) is 0 Å². The highest BCUT2D eigenvalue weighted by Crippen LogP contribution is 2.38. The Hall–Kier alpha value is -1.38. The van der Waals surface area contributed by atoms with Crippen LogP contribution in [0.15, 0.2) is 12.1 Å². The molecule has 0 atom stereocenters. The fraction of sp³-hybridized carbons (Fsp3) is 0.364. The van der Waals surface area contributed by atoms with E-state index in [0.29, 0.717) is 23.9 Å². The van der Waals surface area contributed by atoms with Crippen molar-refractivity contribution in [2.24, 2.45) is 0 Å². The molecule has 1 radical (unpaired) electrons. The maximum absolute atomic E-state index is 5.43. The van der Waals surface area contributed by atoms with Gasteiger partial charge in [0.25, 0.3) is 0 Å². The standard InChI is InChI=1S/C11H15O3/c1-5-14-11-9(12-3)6-8(2)7-10(11)13-4/h6-7H,2,5H2,1,3-4H3. The van der Waals surface area contributed by atoms with Gasteiger partial charge >= 0.3 is 0 Å². The SMILES string of the molecule is [CH2]c1cc(OC)c(OCC)c(OC)c1. The van der Waals surface area contributed by atoms with Gasteiger partial charge in [0.15, 0.2) is 11.5 Å². The average Bonchev–Trinajstić information content (AvgIpc) is 2.20. The minimum Gasteiger partial charge on any atom is -0.493 e. The predicted molar refractivity (Wildman–Crippen MR) is 55.2 cm³/mol. The normalized spacial score (nSPS) is 9.71. The number of hydrogen-bond donors (Lipinski definition) is 0. The molecule has 0 bridgehead atoms. The Balaban J connectivity index is 3.18. The van der Waals surface area contributed by atoms with Gasteiger partial charge in [-0.25, -0.2) is 0 Å². The lowest BCUT2D eigenvalue weighted by Crippen LogP contribution is -1.99. The first kappa shape index (κ1) is 10.7. The van der Waals surface area contributed by atoms with Crippen LogP contribution in [0.2, 0.25) is 0 Å². The number of methoxy groups -OCH3 is 2. The maximum atomic E-state index is 5.43. The molecule has 3 heteroatoms. The van der Waals surface area contributed by atoms with Crippen molar-refractivity contribution in [2.45, 2.75) is 6.92 Å². The third kappa shape index (κ3) is 2.10. The summed E-state index contributed by atoms with van der Waals surface area (Å²) in [6, 6.07) is 3.63. The molecular formula is C11H15O3. The van der Waals surface area contributed by atoms with Crippen LogP contribution in [0.5, 0.6) is 17.2 Å². The lowest BCUT2D eigenvalue weighted by molar-refractivity contribution is 0.288. The van der Waals surface area contributed by atoms with Crippen LogP contribution >= 0.6 is 0 Å². The zero-order valence-corrected chi connectivity index (χ0v) is 8.79. The Morgan fingerprint density at radius 1 is 1.14 bits per heavy atom. The highest BCUT2D eigenvalue weighted by atomic mass is 16.5. The van der Waals surface area contributed by atoms with Crippen molar-refractivity contribution in [3.8, 4) is 17.2 Å². The minimum atomic E-state index is 0.573. The van der Waals surface area contributed by atoms with E-state index in [4.69, 9.17) is 14.2 Å². The zero-order chi connectivity index (χ0) is 10.6. The number of rotatable bonds is 4. The Kier molecular flexibility index (Phi) is 3.63. The van der Waals surface area contributed by atoms with Crippen LogP contribution in [0, 0.1) is 6.92 Å². The summed E-state index contributed by atoms with van der Waals surface area (Å²) in [7, 11) is 3.19. The van der Waals surface area contributed by atoms with E-state index in [1.165, 1.54) is 0 Å². The van der Waals surface area contributed by atoms with Crippen LogP contribution in [-0.2, 0) is 0 Å². The topological polar surface area (TPSA) is 27.7 Å². The number of ether oxygens (including phenoxy) is 3. The van der Waals surface area contributed by atoms with Crippen molar-refractivity contribution in [3.63, 3.8) is 0 Å². The highest BCUT2D eigenvalue weighted by Gasteiger charge is 2.11.